The zero-order chi connectivity index (χ0) is 14.5. The van der Waals surface area contributed by atoms with Crippen molar-refractivity contribution < 1.29 is 9.53 Å². The SMILES string of the molecule is CCC(N)(CC)C(C)(CN1CCOCC1)NC(N)=O.I. The first-order chi connectivity index (χ1) is 8.87. The van der Waals surface area contributed by atoms with Crippen molar-refractivity contribution >= 4 is 30.0 Å². The molecule has 0 saturated carbocycles. The lowest BCUT2D eigenvalue weighted by Crippen LogP contribution is -2.71. The first-order valence-corrected chi connectivity index (χ1v) is 7.03. The van der Waals surface area contributed by atoms with Gasteiger partial charge in [0.15, 0.2) is 0 Å². The first kappa shape index (κ1) is 19.9. The molecular formula is C13H29IN4O2. The molecule has 0 spiro atoms. The van der Waals surface area contributed by atoms with Crippen LogP contribution in [0.3, 0.4) is 0 Å². The molecule has 7 heteroatoms. The molecule has 5 N–H and O–H groups in total. The molecule has 0 aliphatic carbocycles. The number of nitrogens with two attached hydrogens (primary N) is 2. The lowest BCUT2D eigenvalue weighted by molar-refractivity contribution is 0.0147. The fourth-order valence-electron chi connectivity index (χ4n) is 2.83. The summed E-state index contributed by atoms with van der Waals surface area (Å²) in [6.45, 7) is 9.94. The van der Waals surface area contributed by atoms with E-state index < -0.39 is 17.1 Å². The van der Waals surface area contributed by atoms with Crippen LogP contribution in [0.5, 0.6) is 0 Å². The Balaban J connectivity index is 0.00000361. The van der Waals surface area contributed by atoms with Crippen molar-refractivity contribution in [2.45, 2.75) is 44.7 Å². The second-order valence-electron chi connectivity index (χ2n) is 5.57. The van der Waals surface area contributed by atoms with Gasteiger partial charge in [-0.3, -0.25) is 4.90 Å². The highest BCUT2D eigenvalue weighted by Crippen LogP contribution is 2.28. The second kappa shape index (κ2) is 8.35. The van der Waals surface area contributed by atoms with Gasteiger partial charge in [-0.25, -0.2) is 4.79 Å². The molecule has 1 fully saturated rings. The molecule has 1 rings (SSSR count). The van der Waals surface area contributed by atoms with E-state index in [2.05, 4.69) is 10.2 Å². The van der Waals surface area contributed by atoms with E-state index in [1.807, 2.05) is 20.8 Å². The first-order valence-electron chi connectivity index (χ1n) is 7.03. The van der Waals surface area contributed by atoms with Gasteiger partial charge in [0.1, 0.15) is 0 Å². The fraction of sp³-hybridized carbons (Fsp3) is 0.923. The van der Waals surface area contributed by atoms with Crippen molar-refractivity contribution in [1.82, 2.24) is 10.2 Å². The standard InChI is InChI=1S/C13H28N4O2.HI/c1-4-13(15,5-2)12(3,16-11(14)18)10-17-6-8-19-9-7-17;/h4-10,15H2,1-3H3,(H3,14,16,18);1H. The Morgan fingerprint density at radius 1 is 1.30 bits per heavy atom. The Labute approximate surface area is 139 Å². The van der Waals surface area contributed by atoms with E-state index in [1.54, 1.807) is 0 Å². The number of carbonyl (C=O) groups excluding carboxylic acids is 1. The number of halogens is 1. The largest absolute Gasteiger partial charge is 0.379 e. The highest BCUT2D eigenvalue weighted by atomic mass is 127. The van der Waals surface area contributed by atoms with Crippen molar-refractivity contribution in [2.75, 3.05) is 32.8 Å². The molecule has 6 nitrogen and oxygen atoms in total. The Morgan fingerprint density at radius 3 is 2.20 bits per heavy atom. The molecule has 1 aliphatic rings. The maximum Gasteiger partial charge on any atom is 0.312 e. The highest BCUT2D eigenvalue weighted by Gasteiger charge is 2.44. The average Bonchev–Trinajstić information content (AvgIpc) is 2.37. The van der Waals surface area contributed by atoms with Gasteiger partial charge in [-0.1, -0.05) is 13.8 Å². The molecule has 0 aromatic rings. The summed E-state index contributed by atoms with van der Waals surface area (Å²) in [6, 6.07) is -0.521. The van der Waals surface area contributed by atoms with Crippen molar-refractivity contribution in [1.29, 1.82) is 0 Å². The van der Waals surface area contributed by atoms with Gasteiger partial charge in [0.05, 0.1) is 18.8 Å². The van der Waals surface area contributed by atoms with Crippen molar-refractivity contribution in [3.8, 4) is 0 Å². The molecule has 0 aromatic heterocycles. The molecule has 2 amide bonds. The van der Waals surface area contributed by atoms with Crippen LogP contribution in [0.4, 0.5) is 4.79 Å². The summed E-state index contributed by atoms with van der Waals surface area (Å²) in [5.74, 6) is 0. The summed E-state index contributed by atoms with van der Waals surface area (Å²) in [7, 11) is 0. The van der Waals surface area contributed by atoms with E-state index in [4.69, 9.17) is 16.2 Å². The average molecular weight is 400 g/mol. The van der Waals surface area contributed by atoms with Crippen LogP contribution in [0.1, 0.15) is 33.6 Å². The number of carbonyl (C=O) groups is 1. The monoisotopic (exact) mass is 400 g/mol. The van der Waals surface area contributed by atoms with Crippen LogP contribution >= 0.6 is 24.0 Å². The predicted octanol–water partition coefficient (Wildman–Crippen LogP) is 0.881. The molecule has 20 heavy (non-hydrogen) atoms. The van der Waals surface area contributed by atoms with E-state index in [0.717, 1.165) is 39.1 Å². The molecule has 120 valence electrons. The van der Waals surface area contributed by atoms with Crippen LogP contribution in [0.25, 0.3) is 0 Å². The van der Waals surface area contributed by atoms with Crippen LogP contribution in [0.2, 0.25) is 0 Å². The molecule has 1 unspecified atom stereocenters. The number of nitrogens with one attached hydrogen (secondary N) is 1. The van der Waals surface area contributed by atoms with Gasteiger partial charge in [-0.05, 0) is 19.8 Å². The number of amides is 2. The van der Waals surface area contributed by atoms with Crippen LogP contribution in [0, 0.1) is 0 Å². The summed E-state index contributed by atoms with van der Waals surface area (Å²) < 4.78 is 5.35. The van der Waals surface area contributed by atoms with Crippen molar-refractivity contribution in [3.63, 3.8) is 0 Å². The fourth-order valence-corrected chi connectivity index (χ4v) is 2.83. The normalized spacial score (nSPS) is 19.8. The summed E-state index contributed by atoms with van der Waals surface area (Å²) in [5, 5.41) is 2.88. The number of hydrogen-bond donors (Lipinski definition) is 3. The lowest BCUT2D eigenvalue weighted by Gasteiger charge is -2.48. The van der Waals surface area contributed by atoms with E-state index >= 15 is 0 Å². The van der Waals surface area contributed by atoms with E-state index in [1.165, 1.54) is 0 Å². The van der Waals surface area contributed by atoms with Crippen molar-refractivity contribution in [3.05, 3.63) is 0 Å². The summed E-state index contributed by atoms with van der Waals surface area (Å²) in [5.41, 5.74) is 10.8. The number of morpholine rings is 1. The number of ether oxygens (including phenoxy) is 1. The third-order valence-electron chi connectivity index (χ3n) is 4.40. The van der Waals surface area contributed by atoms with E-state index in [-0.39, 0.29) is 24.0 Å². The Kier molecular flexibility index (Phi) is 8.30. The van der Waals surface area contributed by atoms with Crippen LogP contribution in [-0.2, 0) is 4.74 Å². The maximum atomic E-state index is 11.3. The van der Waals surface area contributed by atoms with Crippen LogP contribution < -0.4 is 16.8 Å². The minimum Gasteiger partial charge on any atom is -0.379 e. The minimum atomic E-state index is -0.542. The number of rotatable bonds is 6. The van der Waals surface area contributed by atoms with Gasteiger partial charge in [0.25, 0.3) is 0 Å². The number of hydrogen-bond acceptors (Lipinski definition) is 4. The maximum absolute atomic E-state index is 11.3. The van der Waals surface area contributed by atoms with Crippen LogP contribution in [-0.4, -0.2) is 54.9 Å². The molecule has 0 radical (unpaired) electrons. The van der Waals surface area contributed by atoms with Gasteiger partial charge in [0.2, 0.25) is 0 Å². The Morgan fingerprint density at radius 2 is 1.80 bits per heavy atom. The van der Waals surface area contributed by atoms with Gasteiger partial charge in [-0.2, -0.15) is 0 Å². The molecule has 0 bridgehead atoms. The smallest absolute Gasteiger partial charge is 0.312 e. The number of urea groups is 1. The zero-order valence-electron chi connectivity index (χ0n) is 12.8. The third kappa shape index (κ3) is 4.71. The van der Waals surface area contributed by atoms with Crippen LogP contribution in [0.15, 0.2) is 0 Å². The molecule has 1 aliphatic heterocycles. The van der Waals surface area contributed by atoms with Crippen molar-refractivity contribution in [2.24, 2.45) is 11.5 Å². The third-order valence-corrected chi connectivity index (χ3v) is 4.40. The summed E-state index contributed by atoms with van der Waals surface area (Å²) in [4.78, 5) is 13.6. The van der Waals surface area contributed by atoms with Gasteiger partial charge in [-0.15, -0.1) is 24.0 Å². The van der Waals surface area contributed by atoms with E-state index in [0.29, 0.717) is 6.54 Å². The quantitative estimate of drug-likeness (QED) is 0.577. The number of nitrogens with zero attached hydrogens (tertiary/aromatic N) is 1. The highest BCUT2D eigenvalue weighted by molar-refractivity contribution is 14.0. The second-order valence-corrected chi connectivity index (χ2v) is 5.57. The predicted molar refractivity (Wildman–Crippen MR) is 91.3 cm³/mol. The molecule has 1 atom stereocenters. The molecule has 1 saturated heterocycles. The Bertz CT molecular complexity index is 307. The summed E-state index contributed by atoms with van der Waals surface area (Å²) >= 11 is 0. The summed E-state index contributed by atoms with van der Waals surface area (Å²) in [6.07, 6.45) is 1.56. The van der Waals surface area contributed by atoms with E-state index in [9.17, 15) is 4.79 Å². The Hall–Kier alpha value is -0.120. The van der Waals surface area contributed by atoms with Gasteiger partial charge in [0, 0.05) is 25.2 Å². The molecular weight excluding hydrogens is 371 g/mol. The van der Waals surface area contributed by atoms with Gasteiger partial charge < -0.3 is 21.5 Å². The zero-order valence-corrected chi connectivity index (χ0v) is 15.1. The molecule has 1 heterocycles. The lowest BCUT2D eigenvalue weighted by atomic mass is 9.74. The number of primary amides is 1. The topological polar surface area (TPSA) is 93.6 Å². The minimum absolute atomic E-state index is 0. The molecule has 0 aromatic carbocycles. The van der Waals surface area contributed by atoms with Gasteiger partial charge >= 0.3 is 6.03 Å².